The Morgan fingerprint density at radius 2 is 0.816 bits per heavy atom. The number of aliphatic hydroxyl groups excluding tert-OH is 1. The van der Waals surface area contributed by atoms with Crippen LogP contribution in [0, 0.1) is 13.8 Å². The molecule has 0 bridgehead atoms. The lowest BCUT2D eigenvalue weighted by Gasteiger charge is -2.22. The fourth-order valence-corrected chi connectivity index (χ4v) is 7.56. The van der Waals surface area contributed by atoms with Gasteiger partial charge >= 0.3 is 0 Å². The number of benzene rings is 6. The van der Waals surface area contributed by atoms with Crippen LogP contribution in [0.25, 0.3) is 55.0 Å². The van der Waals surface area contributed by atoms with Gasteiger partial charge in [0.1, 0.15) is 11.5 Å². The van der Waals surface area contributed by atoms with Crippen LogP contribution in [-0.4, -0.2) is 49.2 Å². The van der Waals surface area contributed by atoms with E-state index in [1.54, 1.807) is 0 Å². The predicted octanol–water partition coefficient (Wildman–Crippen LogP) is 8.95. The van der Waals surface area contributed by atoms with E-state index in [1.807, 2.05) is 77.7 Å². The minimum absolute atomic E-state index is 0.126. The third-order valence-electron chi connectivity index (χ3n) is 9.86. The second kappa shape index (κ2) is 12.5. The van der Waals surface area contributed by atoms with Crippen molar-refractivity contribution in [2.24, 2.45) is 0 Å². The molecule has 2 heterocycles. The molecule has 8 rings (SSSR count). The SMILES string of the molecule is Cc1cc(CCN(CO)CCc2cc(C)cc(-n3c4ccccc4c4ccccc43)c2O)c(O)c(-n2c3ccccc3c3ccccc32)c1. The van der Waals surface area contributed by atoms with Crippen LogP contribution in [0.4, 0.5) is 0 Å². The molecule has 3 N–H and O–H groups in total. The zero-order chi connectivity index (χ0) is 33.6. The number of para-hydroxylation sites is 4. The second-order valence-corrected chi connectivity index (χ2v) is 13.1. The van der Waals surface area contributed by atoms with Gasteiger partial charge in [-0.3, -0.25) is 4.90 Å². The van der Waals surface area contributed by atoms with Crippen molar-refractivity contribution in [1.29, 1.82) is 0 Å². The summed E-state index contributed by atoms with van der Waals surface area (Å²) in [6.45, 7) is 5.08. The predicted molar refractivity (Wildman–Crippen MR) is 200 cm³/mol. The third-order valence-corrected chi connectivity index (χ3v) is 9.86. The molecule has 0 fully saturated rings. The molecule has 0 saturated heterocycles. The number of rotatable bonds is 9. The highest BCUT2D eigenvalue weighted by molar-refractivity contribution is 6.10. The number of phenolic OH excluding ortho intramolecular Hbond substituents is 2. The third kappa shape index (κ3) is 5.30. The fourth-order valence-electron chi connectivity index (χ4n) is 7.56. The van der Waals surface area contributed by atoms with Gasteiger partial charge in [0.15, 0.2) is 0 Å². The largest absolute Gasteiger partial charge is 0.505 e. The number of aliphatic hydroxyl groups is 1. The maximum atomic E-state index is 11.7. The standard InChI is InChI=1S/C43H39N3O3/c1-28-23-30(42(48)40(25-28)45-36-15-7-3-11-32(36)33-12-4-8-16-37(33)45)19-21-44(27-47)22-20-31-24-29(2)26-41(43(31)49)46-38-17-9-5-13-34(38)35-14-6-10-18-39(35)46/h3-18,23-26,47-49H,19-22,27H2,1-2H3. The summed E-state index contributed by atoms with van der Waals surface area (Å²) in [4.78, 5) is 1.96. The van der Waals surface area contributed by atoms with Crippen molar-refractivity contribution < 1.29 is 15.3 Å². The van der Waals surface area contributed by atoms with E-state index >= 15 is 0 Å². The number of nitrogens with zero attached hydrogens (tertiary/aromatic N) is 3. The number of aromatic hydroxyl groups is 2. The monoisotopic (exact) mass is 645 g/mol. The van der Waals surface area contributed by atoms with Gasteiger partial charge in [-0.05, 0) is 85.3 Å². The maximum Gasteiger partial charge on any atom is 0.142 e. The second-order valence-electron chi connectivity index (χ2n) is 13.1. The molecule has 2 aromatic heterocycles. The normalized spacial score (nSPS) is 11.9. The summed E-state index contributed by atoms with van der Waals surface area (Å²) in [5.74, 6) is 0.504. The van der Waals surface area contributed by atoms with E-state index in [0.29, 0.717) is 25.9 Å². The lowest BCUT2D eigenvalue weighted by molar-refractivity contribution is 0.109. The summed E-state index contributed by atoms with van der Waals surface area (Å²) in [5.41, 5.74) is 9.48. The van der Waals surface area contributed by atoms with Gasteiger partial charge in [-0.15, -0.1) is 0 Å². The summed E-state index contributed by atoms with van der Waals surface area (Å²) >= 11 is 0. The molecule has 6 heteroatoms. The van der Waals surface area contributed by atoms with Crippen molar-refractivity contribution in [1.82, 2.24) is 14.0 Å². The maximum absolute atomic E-state index is 11.7. The molecule has 244 valence electrons. The molecule has 6 aromatic carbocycles. The molecule has 0 aliphatic heterocycles. The number of fused-ring (bicyclic) bond motifs is 6. The first kappa shape index (κ1) is 30.8. The van der Waals surface area contributed by atoms with Crippen molar-refractivity contribution in [3.63, 3.8) is 0 Å². The molecule has 0 saturated carbocycles. The van der Waals surface area contributed by atoms with Gasteiger partial charge in [0.25, 0.3) is 0 Å². The van der Waals surface area contributed by atoms with E-state index in [2.05, 4.69) is 71.5 Å². The molecule has 0 atom stereocenters. The Morgan fingerprint density at radius 1 is 0.490 bits per heavy atom. The van der Waals surface area contributed by atoms with Gasteiger partial charge in [0.2, 0.25) is 0 Å². The first-order valence-corrected chi connectivity index (χ1v) is 16.9. The van der Waals surface area contributed by atoms with Crippen molar-refractivity contribution in [3.8, 4) is 22.9 Å². The van der Waals surface area contributed by atoms with Crippen molar-refractivity contribution >= 4 is 43.6 Å². The van der Waals surface area contributed by atoms with Gasteiger partial charge in [0.05, 0.1) is 40.2 Å². The van der Waals surface area contributed by atoms with Crippen LogP contribution in [0.3, 0.4) is 0 Å². The number of hydrogen-bond acceptors (Lipinski definition) is 4. The minimum atomic E-state index is -0.126. The van der Waals surface area contributed by atoms with Crippen LogP contribution in [-0.2, 0) is 12.8 Å². The highest BCUT2D eigenvalue weighted by Crippen LogP contribution is 2.39. The number of aryl methyl sites for hydroxylation is 2. The number of aromatic nitrogens is 2. The van der Waals surface area contributed by atoms with E-state index in [9.17, 15) is 15.3 Å². The number of phenols is 2. The van der Waals surface area contributed by atoms with Gasteiger partial charge in [-0.25, -0.2) is 0 Å². The smallest absolute Gasteiger partial charge is 0.142 e. The van der Waals surface area contributed by atoms with Crippen LogP contribution in [0.15, 0.2) is 121 Å². The average molecular weight is 646 g/mol. The summed E-state index contributed by atoms with van der Waals surface area (Å²) in [6.07, 6.45) is 1.12. The van der Waals surface area contributed by atoms with E-state index in [4.69, 9.17) is 0 Å². The van der Waals surface area contributed by atoms with E-state index in [0.717, 1.165) is 77.2 Å². The van der Waals surface area contributed by atoms with Crippen LogP contribution in [0.5, 0.6) is 11.5 Å². The van der Waals surface area contributed by atoms with Gasteiger partial charge in [-0.2, -0.15) is 0 Å². The summed E-state index contributed by atoms with van der Waals surface area (Å²) in [6, 6.07) is 41.3. The quantitative estimate of drug-likeness (QED) is 0.137. The first-order chi connectivity index (χ1) is 23.9. The molecule has 0 amide bonds. The summed E-state index contributed by atoms with van der Waals surface area (Å²) in [5, 5.41) is 38.4. The van der Waals surface area contributed by atoms with E-state index < -0.39 is 0 Å². The Labute approximate surface area is 285 Å². The van der Waals surface area contributed by atoms with Gasteiger partial charge in [0, 0.05) is 34.6 Å². The Hall–Kier alpha value is -5.56. The Kier molecular flexibility index (Phi) is 7.83. The highest BCUT2D eigenvalue weighted by Gasteiger charge is 2.20. The molecule has 0 aliphatic carbocycles. The van der Waals surface area contributed by atoms with Crippen molar-refractivity contribution in [2.75, 3.05) is 19.8 Å². The summed E-state index contributed by atoms with van der Waals surface area (Å²) in [7, 11) is 0. The van der Waals surface area contributed by atoms with Crippen LogP contribution < -0.4 is 0 Å². The van der Waals surface area contributed by atoms with Crippen LogP contribution >= 0.6 is 0 Å². The fraction of sp³-hybridized carbons (Fsp3) is 0.163. The van der Waals surface area contributed by atoms with E-state index in [1.165, 1.54) is 0 Å². The lowest BCUT2D eigenvalue weighted by atomic mass is 10.0. The molecular weight excluding hydrogens is 606 g/mol. The molecule has 0 radical (unpaired) electrons. The molecule has 49 heavy (non-hydrogen) atoms. The topological polar surface area (TPSA) is 73.8 Å². The number of hydrogen-bond donors (Lipinski definition) is 3. The average Bonchev–Trinajstić information content (AvgIpc) is 3.64. The first-order valence-electron chi connectivity index (χ1n) is 16.9. The van der Waals surface area contributed by atoms with Crippen molar-refractivity contribution in [2.45, 2.75) is 26.7 Å². The van der Waals surface area contributed by atoms with Crippen LogP contribution in [0.2, 0.25) is 0 Å². The Balaban J connectivity index is 1.07. The molecule has 6 nitrogen and oxygen atoms in total. The van der Waals surface area contributed by atoms with Crippen molar-refractivity contribution in [3.05, 3.63) is 144 Å². The van der Waals surface area contributed by atoms with E-state index in [-0.39, 0.29) is 18.2 Å². The summed E-state index contributed by atoms with van der Waals surface area (Å²) < 4.78 is 4.30. The molecule has 0 spiro atoms. The molecule has 8 aromatic rings. The van der Waals surface area contributed by atoms with Gasteiger partial charge < -0.3 is 24.5 Å². The molecule has 0 aliphatic rings. The zero-order valence-electron chi connectivity index (χ0n) is 27.8. The zero-order valence-corrected chi connectivity index (χ0v) is 27.8. The molecule has 0 unspecified atom stereocenters. The highest BCUT2D eigenvalue weighted by atomic mass is 16.3. The van der Waals surface area contributed by atoms with Gasteiger partial charge in [-0.1, -0.05) is 84.9 Å². The Bertz CT molecular complexity index is 2230. The molecular formula is C43H39N3O3. The minimum Gasteiger partial charge on any atom is -0.505 e. The Morgan fingerprint density at radius 3 is 1.14 bits per heavy atom. The lowest BCUT2D eigenvalue weighted by Crippen LogP contribution is -2.29. The van der Waals surface area contributed by atoms with Crippen LogP contribution in [0.1, 0.15) is 22.3 Å².